The van der Waals surface area contributed by atoms with Gasteiger partial charge in [0.15, 0.2) is 0 Å². The predicted molar refractivity (Wildman–Crippen MR) is 59.9 cm³/mol. The van der Waals surface area contributed by atoms with E-state index in [0.717, 1.165) is 0 Å². The lowest BCUT2D eigenvalue weighted by molar-refractivity contribution is 0.919. The molecule has 0 saturated carbocycles. The van der Waals surface area contributed by atoms with Crippen LogP contribution < -0.4 is 11.3 Å². The van der Waals surface area contributed by atoms with Gasteiger partial charge in [-0.15, -0.1) is 0 Å². The van der Waals surface area contributed by atoms with Crippen LogP contribution >= 0.6 is 12.2 Å². The maximum absolute atomic E-state index is 11.5. The zero-order valence-electron chi connectivity index (χ0n) is 7.65. The summed E-state index contributed by atoms with van der Waals surface area (Å²) in [7, 11) is 0. The molecule has 1 aromatic carbocycles. The van der Waals surface area contributed by atoms with E-state index in [-0.39, 0.29) is 16.0 Å². The van der Waals surface area contributed by atoms with Crippen molar-refractivity contribution in [2.24, 2.45) is 0 Å². The Hall–Kier alpha value is -1.95. The van der Waals surface area contributed by atoms with Gasteiger partial charge in [-0.3, -0.25) is 15.0 Å². The van der Waals surface area contributed by atoms with E-state index in [2.05, 4.69) is 15.2 Å². The Morgan fingerprint density at radius 1 is 1.27 bits per heavy atom. The smallest absolute Gasteiger partial charge is 0.289 e. The number of para-hydroxylation sites is 1. The van der Waals surface area contributed by atoms with Crippen molar-refractivity contribution in [3.63, 3.8) is 0 Å². The molecule has 0 radical (unpaired) electrons. The van der Waals surface area contributed by atoms with Crippen molar-refractivity contribution in [2.45, 2.75) is 0 Å². The lowest BCUT2D eigenvalue weighted by atomic mass is 10.1. The maximum Gasteiger partial charge on any atom is 0.289 e. The topological polar surface area (TPSA) is 87.6 Å². The first-order valence-electron chi connectivity index (χ1n) is 4.22. The molecule has 76 valence electrons. The van der Waals surface area contributed by atoms with Crippen molar-refractivity contribution >= 4 is 17.9 Å². The highest BCUT2D eigenvalue weighted by Crippen LogP contribution is 2.19. The van der Waals surface area contributed by atoms with Gasteiger partial charge in [0.1, 0.15) is 5.69 Å². The number of nitrogen functional groups attached to an aromatic ring is 1. The highest BCUT2D eigenvalue weighted by atomic mass is 32.1. The van der Waals surface area contributed by atoms with E-state index >= 15 is 0 Å². The minimum Gasteiger partial charge on any atom is -0.398 e. The fourth-order valence-electron chi connectivity index (χ4n) is 1.24. The number of hydrogen-bond acceptors (Lipinski definition) is 4. The Balaban J connectivity index is 2.75. The number of aromatic amines is 2. The molecule has 0 aliphatic rings. The number of nitrogens with one attached hydrogen (secondary N) is 2. The quantitative estimate of drug-likeness (QED) is 0.495. The minimum atomic E-state index is -0.346. The normalized spacial score (nSPS) is 10.1. The third kappa shape index (κ3) is 1.79. The van der Waals surface area contributed by atoms with E-state index in [1.54, 1.807) is 24.3 Å². The average molecular weight is 220 g/mol. The number of rotatable bonds is 1. The standard InChI is InChI=1S/C9H8N4OS/c10-6-4-2-1-3-5(6)7-8(14)12-13-9(15)11-7/h1-4H,10H2,(H,12,14)(H,11,13,15). The van der Waals surface area contributed by atoms with Crippen molar-refractivity contribution in [3.8, 4) is 11.3 Å². The number of nitrogens with two attached hydrogens (primary N) is 1. The molecule has 0 saturated heterocycles. The van der Waals surface area contributed by atoms with Crippen LogP contribution in [0.1, 0.15) is 0 Å². The summed E-state index contributed by atoms with van der Waals surface area (Å²) in [5.74, 6) is 0. The van der Waals surface area contributed by atoms with E-state index in [1.807, 2.05) is 0 Å². The van der Waals surface area contributed by atoms with Gasteiger partial charge in [0.05, 0.1) is 0 Å². The van der Waals surface area contributed by atoms with Crippen LogP contribution in [0.3, 0.4) is 0 Å². The molecule has 5 nitrogen and oxygen atoms in total. The highest BCUT2D eigenvalue weighted by Gasteiger charge is 2.07. The molecule has 0 unspecified atom stereocenters. The summed E-state index contributed by atoms with van der Waals surface area (Å²) in [6, 6.07) is 7.00. The van der Waals surface area contributed by atoms with Crippen LogP contribution in [-0.4, -0.2) is 15.2 Å². The van der Waals surface area contributed by atoms with Crippen LogP contribution in [0.25, 0.3) is 11.3 Å². The van der Waals surface area contributed by atoms with E-state index < -0.39 is 0 Å². The molecule has 2 rings (SSSR count). The molecule has 1 aromatic heterocycles. The second kappa shape index (κ2) is 3.66. The lowest BCUT2D eigenvalue weighted by Gasteiger charge is -2.02. The van der Waals surface area contributed by atoms with Gasteiger partial charge >= 0.3 is 0 Å². The first kappa shape index (κ1) is 9.60. The Bertz CT molecular complexity index is 601. The molecule has 1 heterocycles. The van der Waals surface area contributed by atoms with Crippen LogP contribution in [0.4, 0.5) is 5.69 Å². The van der Waals surface area contributed by atoms with Crippen LogP contribution in [0.5, 0.6) is 0 Å². The van der Waals surface area contributed by atoms with E-state index in [4.69, 9.17) is 18.0 Å². The molecule has 2 aromatic rings. The van der Waals surface area contributed by atoms with Gasteiger partial charge in [-0.1, -0.05) is 18.2 Å². The first-order chi connectivity index (χ1) is 7.18. The van der Waals surface area contributed by atoms with E-state index in [0.29, 0.717) is 11.3 Å². The minimum absolute atomic E-state index is 0.216. The molecule has 0 aliphatic heterocycles. The predicted octanol–water partition coefficient (Wildman–Crippen LogP) is 1.08. The summed E-state index contributed by atoms with van der Waals surface area (Å²) < 4.78 is 0.216. The molecule has 0 fully saturated rings. The monoisotopic (exact) mass is 220 g/mol. The van der Waals surface area contributed by atoms with Crippen LogP contribution in [0, 0.1) is 4.77 Å². The largest absolute Gasteiger partial charge is 0.398 e. The Labute approximate surface area is 90.0 Å². The van der Waals surface area contributed by atoms with E-state index in [9.17, 15) is 4.79 Å². The van der Waals surface area contributed by atoms with Crippen molar-refractivity contribution in [2.75, 3.05) is 5.73 Å². The molecule has 0 bridgehead atoms. The molecule has 0 atom stereocenters. The van der Waals surface area contributed by atoms with Crippen LogP contribution in [0.15, 0.2) is 29.1 Å². The van der Waals surface area contributed by atoms with Crippen molar-refractivity contribution in [3.05, 3.63) is 39.4 Å². The highest BCUT2D eigenvalue weighted by molar-refractivity contribution is 7.71. The fraction of sp³-hybridized carbons (Fsp3) is 0. The number of anilines is 1. The molecular formula is C9H8N4OS. The molecule has 15 heavy (non-hydrogen) atoms. The fourth-order valence-corrected chi connectivity index (χ4v) is 1.39. The van der Waals surface area contributed by atoms with E-state index in [1.165, 1.54) is 0 Å². The maximum atomic E-state index is 11.5. The molecular weight excluding hydrogens is 212 g/mol. The third-order valence-corrected chi connectivity index (χ3v) is 2.12. The number of nitrogens with zero attached hydrogens (tertiary/aromatic N) is 1. The van der Waals surface area contributed by atoms with Crippen LogP contribution in [0.2, 0.25) is 0 Å². The van der Waals surface area contributed by atoms with Gasteiger partial charge in [-0.2, -0.15) is 0 Å². The Morgan fingerprint density at radius 2 is 2.00 bits per heavy atom. The molecule has 0 amide bonds. The average Bonchev–Trinajstić information content (AvgIpc) is 2.23. The van der Waals surface area contributed by atoms with Gasteiger partial charge < -0.3 is 5.73 Å². The van der Waals surface area contributed by atoms with Crippen molar-refractivity contribution in [1.82, 2.24) is 15.2 Å². The number of hydrogen-bond donors (Lipinski definition) is 3. The number of benzene rings is 1. The second-order valence-corrected chi connectivity index (χ2v) is 3.32. The third-order valence-electron chi connectivity index (χ3n) is 1.93. The summed E-state index contributed by atoms with van der Waals surface area (Å²) >= 11 is 4.82. The second-order valence-electron chi connectivity index (χ2n) is 2.93. The zero-order chi connectivity index (χ0) is 10.8. The summed E-state index contributed by atoms with van der Waals surface area (Å²) in [5, 5.41) is 4.85. The Kier molecular flexibility index (Phi) is 2.34. The summed E-state index contributed by atoms with van der Waals surface area (Å²) in [6.45, 7) is 0. The van der Waals surface area contributed by atoms with Gasteiger partial charge in [0.25, 0.3) is 5.56 Å². The molecule has 0 spiro atoms. The lowest BCUT2D eigenvalue weighted by Crippen LogP contribution is -2.13. The number of H-pyrrole nitrogens is 2. The SMILES string of the molecule is Nc1ccccc1-c1nc(=S)[nH][nH]c1=O. The summed E-state index contributed by atoms with van der Waals surface area (Å²) in [6.07, 6.45) is 0. The molecule has 6 heteroatoms. The van der Waals surface area contributed by atoms with Crippen molar-refractivity contribution in [1.29, 1.82) is 0 Å². The van der Waals surface area contributed by atoms with Gasteiger partial charge in [-0.25, -0.2) is 4.98 Å². The van der Waals surface area contributed by atoms with Crippen LogP contribution in [-0.2, 0) is 0 Å². The van der Waals surface area contributed by atoms with Gasteiger partial charge in [0, 0.05) is 11.3 Å². The van der Waals surface area contributed by atoms with Gasteiger partial charge in [-0.05, 0) is 18.3 Å². The summed E-state index contributed by atoms with van der Waals surface area (Å²) in [4.78, 5) is 15.4. The molecule has 4 N–H and O–H groups in total. The van der Waals surface area contributed by atoms with Gasteiger partial charge in [0.2, 0.25) is 4.77 Å². The number of aromatic nitrogens is 3. The first-order valence-corrected chi connectivity index (χ1v) is 4.63. The summed E-state index contributed by atoms with van der Waals surface area (Å²) in [5.41, 5.74) is 6.70. The molecule has 0 aliphatic carbocycles. The van der Waals surface area contributed by atoms with Crippen molar-refractivity contribution < 1.29 is 0 Å². The zero-order valence-corrected chi connectivity index (χ0v) is 8.47. The Morgan fingerprint density at radius 3 is 2.73 bits per heavy atom.